The third-order valence-electron chi connectivity index (χ3n) is 4.41. The van der Waals surface area contributed by atoms with Crippen molar-refractivity contribution < 1.29 is 14.3 Å². The minimum absolute atomic E-state index is 0.132. The summed E-state index contributed by atoms with van der Waals surface area (Å²) in [5.74, 6) is -0.788. The van der Waals surface area contributed by atoms with Crippen molar-refractivity contribution in [2.45, 2.75) is 20.5 Å². The first-order valence-electron chi connectivity index (χ1n) is 9.41. The number of carbonyl (C=O) groups excluding carboxylic acids is 2. The molecule has 2 aromatic heterocycles. The van der Waals surface area contributed by atoms with Crippen molar-refractivity contribution in [3.05, 3.63) is 92.3 Å². The molecule has 9 heteroatoms. The topological polar surface area (TPSA) is 103 Å². The predicted molar refractivity (Wildman–Crippen MR) is 117 cm³/mol. The number of aromatic nitrogens is 3. The summed E-state index contributed by atoms with van der Waals surface area (Å²) in [6, 6.07) is 14.9. The number of aryl methyl sites for hydroxylation is 2. The molecule has 8 nitrogen and oxygen atoms in total. The Labute approximate surface area is 181 Å². The summed E-state index contributed by atoms with van der Waals surface area (Å²) in [5.41, 5.74) is 2.45. The number of hydrogen-bond donors (Lipinski definition) is 1. The van der Waals surface area contributed by atoms with E-state index in [9.17, 15) is 14.4 Å². The van der Waals surface area contributed by atoms with Gasteiger partial charge in [-0.15, -0.1) is 0 Å². The van der Waals surface area contributed by atoms with Gasteiger partial charge in [0.25, 0.3) is 11.5 Å². The second kappa shape index (κ2) is 8.49. The number of amides is 1. The van der Waals surface area contributed by atoms with Gasteiger partial charge in [-0.2, -0.15) is 9.61 Å². The van der Waals surface area contributed by atoms with E-state index in [0.717, 1.165) is 5.56 Å². The third kappa shape index (κ3) is 4.67. The van der Waals surface area contributed by atoms with Gasteiger partial charge in [-0.3, -0.25) is 9.59 Å². The van der Waals surface area contributed by atoms with Gasteiger partial charge in [0, 0.05) is 17.3 Å². The lowest BCUT2D eigenvalue weighted by atomic mass is 10.1. The summed E-state index contributed by atoms with van der Waals surface area (Å²) in [5, 5.41) is 7.58. The van der Waals surface area contributed by atoms with Gasteiger partial charge in [0.15, 0.2) is 0 Å². The van der Waals surface area contributed by atoms with Gasteiger partial charge in [-0.1, -0.05) is 29.0 Å². The number of hydrogen-bond acceptors (Lipinski definition) is 7. The van der Waals surface area contributed by atoms with E-state index in [1.807, 2.05) is 19.1 Å². The molecule has 0 aliphatic rings. The Morgan fingerprint density at radius 2 is 1.84 bits per heavy atom. The quantitative estimate of drug-likeness (QED) is 0.483. The molecule has 0 spiro atoms. The Morgan fingerprint density at radius 1 is 1.06 bits per heavy atom. The highest BCUT2D eigenvalue weighted by Gasteiger charge is 2.12. The molecule has 0 aliphatic heterocycles. The lowest BCUT2D eigenvalue weighted by Gasteiger charge is -2.08. The summed E-state index contributed by atoms with van der Waals surface area (Å²) in [6.45, 7) is 3.57. The maximum Gasteiger partial charge on any atom is 0.338 e. The van der Waals surface area contributed by atoms with Crippen LogP contribution in [0.2, 0.25) is 0 Å². The SMILES string of the molecule is Cc1cccc(C(=O)Nc2ccc(C(=O)OCc3cc(=O)n4nc(C)sc4n3)cc2)c1. The molecule has 0 aliphatic carbocycles. The third-order valence-corrected chi connectivity index (χ3v) is 5.23. The average Bonchev–Trinajstić information content (AvgIpc) is 3.13. The number of esters is 1. The van der Waals surface area contributed by atoms with Crippen molar-refractivity contribution in [1.82, 2.24) is 14.6 Å². The number of rotatable bonds is 5. The normalized spacial score (nSPS) is 10.8. The fraction of sp³-hybridized carbons (Fsp3) is 0.136. The first-order chi connectivity index (χ1) is 14.9. The van der Waals surface area contributed by atoms with E-state index >= 15 is 0 Å². The predicted octanol–water partition coefficient (Wildman–Crippen LogP) is 3.38. The molecule has 2 heterocycles. The zero-order chi connectivity index (χ0) is 22.0. The van der Waals surface area contributed by atoms with Crippen molar-refractivity contribution in [3.63, 3.8) is 0 Å². The number of anilines is 1. The molecule has 0 fully saturated rings. The van der Waals surface area contributed by atoms with Crippen molar-refractivity contribution in [2.75, 3.05) is 5.32 Å². The number of fused-ring (bicyclic) bond motifs is 1. The summed E-state index contributed by atoms with van der Waals surface area (Å²) in [4.78, 5) is 41.5. The summed E-state index contributed by atoms with van der Waals surface area (Å²) in [6.07, 6.45) is 0. The smallest absolute Gasteiger partial charge is 0.338 e. The van der Waals surface area contributed by atoms with Crippen LogP contribution < -0.4 is 10.9 Å². The van der Waals surface area contributed by atoms with Crippen LogP contribution in [0.25, 0.3) is 4.96 Å². The van der Waals surface area contributed by atoms with E-state index in [0.29, 0.717) is 32.5 Å². The van der Waals surface area contributed by atoms with Gasteiger partial charge in [0.05, 0.1) is 11.3 Å². The van der Waals surface area contributed by atoms with E-state index in [1.165, 1.54) is 21.9 Å². The fourth-order valence-corrected chi connectivity index (χ4v) is 3.69. The Bertz CT molecular complexity index is 1340. The van der Waals surface area contributed by atoms with Crippen molar-refractivity contribution in [3.8, 4) is 0 Å². The van der Waals surface area contributed by atoms with Crippen molar-refractivity contribution >= 4 is 33.9 Å². The first-order valence-corrected chi connectivity index (χ1v) is 10.2. The Hall–Kier alpha value is -3.85. The number of nitrogens with one attached hydrogen (secondary N) is 1. The van der Waals surface area contributed by atoms with Crippen molar-refractivity contribution in [1.29, 1.82) is 0 Å². The lowest BCUT2D eigenvalue weighted by Crippen LogP contribution is -2.16. The number of benzene rings is 2. The van der Waals surface area contributed by atoms with Gasteiger partial charge in [-0.05, 0) is 50.2 Å². The van der Waals surface area contributed by atoms with Gasteiger partial charge < -0.3 is 10.1 Å². The molecule has 4 rings (SSSR count). The van der Waals surface area contributed by atoms with Crippen LogP contribution in [0.15, 0.2) is 59.4 Å². The molecule has 1 amide bonds. The largest absolute Gasteiger partial charge is 0.456 e. The molecular weight excluding hydrogens is 416 g/mol. The van der Waals surface area contributed by atoms with E-state index in [2.05, 4.69) is 15.4 Å². The van der Waals surface area contributed by atoms with Gasteiger partial charge in [-0.25, -0.2) is 9.78 Å². The zero-order valence-corrected chi connectivity index (χ0v) is 17.6. The Kier molecular flexibility index (Phi) is 5.59. The van der Waals surface area contributed by atoms with Crippen LogP contribution in [0.3, 0.4) is 0 Å². The van der Waals surface area contributed by atoms with E-state index in [4.69, 9.17) is 4.74 Å². The first kappa shape index (κ1) is 20.4. The van der Waals surface area contributed by atoms with Crippen LogP contribution in [0.4, 0.5) is 5.69 Å². The highest BCUT2D eigenvalue weighted by Crippen LogP contribution is 2.14. The molecule has 0 radical (unpaired) electrons. The van der Waals surface area contributed by atoms with Gasteiger partial charge >= 0.3 is 5.97 Å². The van der Waals surface area contributed by atoms with Crippen molar-refractivity contribution in [2.24, 2.45) is 0 Å². The molecule has 0 unspecified atom stereocenters. The van der Waals surface area contributed by atoms with E-state index < -0.39 is 5.97 Å². The average molecular weight is 434 g/mol. The summed E-state index contributed by atoms with van der Waals surface area (Å²) in [7, 11) is 0. The molecule has 0 bridgehead atoms. The van der Waals surface area contributed by atoms with Gasteiger partial charge in [0.1, 0.15) is 11.6 Å². The number of nitrogens with zero attached hydrogens (tertiary/aromatic N) is 3. The molecule has 0 saturated heterocycles. The molecule has 2 aromatic carbocycles. The second-order valence-corrected chi connectivity index (χ2v) is 8.04. The Balaban J connectivity index is 1.39. The zero-order valence-electron chi connectivity index (χ0n) is 16.8. The minimum atomic E-state index is -0.556. The molecule has 0 atom stereocenters. The maximum atomic E-state index is 12.3. The van der Waals surface area contributed by atoms with Crippen LogP contribution in [0, 0.1) is 13.8 Å². The molecule has 31 heavy (non-hydrogen) atoms. The molecule has 0 saturated carbocycles. The molecule has 156 valence electrons. The highest BCUT2D eigenvalue weighted by atomic mass is 32.1. The molecule has 1 N–H and O–H groups in total. The van der Waals surface area contributed by atoms with Crippen LogP contribution >= 0.6 is 11.3 Å². The monoisotopic (exact) mass is 434 g/mol. The maximum absolute atomic E-state index is 12.3. The van der Waals surface area contributed by atoms with Crippen LogP contribution in [0.1, 0.15) is 37.0 Å². The number of ether oxygens (including phenoxy) is 1. The van der Waals surface area contributed by atoms with Crippen LogP contribution in [-0.4, -0.2) is 26.5 Å². The number of carbonyl (C=O) groups is 2. The molecular formula is C22H18N4O4S. The van der Waals surface area contributed by atoms with Crippen LogP contribution in [0.5, 0.6) is 0 Å². The lowest BCUT2D eigenvalue weighted by molar-refractivity contribution is 0.0467. The van der Waals surface area contributed by atoms with E-state index in [-0.39, 0.29) is 18.1 Å². The second-order valence-electron chi connectivity index (χ2n) is 6.88. The van der Waals surface area contributed by atoms with E-state index in [1.54, 1.807) is 43.3 Å². The fourth-order valence-electron chi connectivity index (χ4n) is 2.93. The standard InChI is InChI=1S/C22H18N4O4S/c1-13-4-3-5-16(10-13)20(28)23-17-8-6-15(7-9-17)21(29)30-12-18-11-19(27)26-22(24-18)31-14(2)25-26/h3-11H,12H2,1-2H3,(H,23,28). The summed E-state index contributed by atoms with van der Waals surface area (Å²) < 4.78 is 6.49. The molecule has 4 aromatic rings. The highest BCUT2D eigenvalue weighted by molar-refractivity contribution is 7.16. The minimum Gasteiger partial charge on any atom is -0.456 e. The Morgan fingerprint density at radius 3 is 2.58 bits per heavy atom. The summed E-state index contributed by atoms with van der Waals surface area (Å²) >= 11 is 1.28. The van der Waals surface area contributed by atoms with Gasteiger partial charge in [0.2, 0.25) is 4.96 Å². The van der Waals surface area contributed by atoms with Crippen LogP contribution in [-0.2, 0) is 11.3 Å².